The van der Waals surface area contributed by atoms with Gasteiger partial charge in [-0.25, -0.2) is 9.38 Å². The Morgan fingerprint density at radius 1 is 1.03 bits per heavy atom. The molecule has 1 fully saturated rings. The molecule has 0 amide bonds. The van der Waals surface area contributed by atoms with Gasteiger partial charge in [0.15, 0.2) is 0 Å². The summed E-state index contributed by atoms with van der Waals surface area (Å²) in [6.45, 7) is 0.532. The second-order valence-corrected chi connectivity index (χ2v) is 9.63. The average Bonchev–Trinajstić information content (AvgIpc) is 3.53. The van der Waals surface area contributed by atoms with Gasteiger partial charge in [-0.05, 0) is 60.2 Å². The van der Waals surface area contributed by atoms with Crippen LogP contribution in [0.5, 0.6) is 0 Å². The Kier molecular flexibility index (Phi) is 7.22. The number of para-hydroxylation sites is 1. The Morgan fingerprint density at radius 2 is 1.68 bits per heavy atom. The summed E-state index contributed by atoms with van der Waals surface area (Å²) < 4.78 is 16.6. The van der Waals surface area contributed by atoms with E-state index in [0.717, 1.165) is 41.6 Å². The number of nitrogens with two attached hydrogens (primary N) is 1. The summed E-state index contributed by atoms with van der Waals surface area (Å²) in [5.74, 6) is -0.248. The summed E-state index contributed by atoms with van der Waals surface area (Å²) in [4.78, 5) is 17.5. The summed E-state index contributed by atoms with van der Waals surface area (Å²) in [6.07, 6.45) is 4.78. The monoisotopic (exact) mass is 510 g/mol. The number of hydrogen-bond donors (Lipinski definition) is 3. The predicted octanol–water partition coefficient (Wildman–Crippen LogP) is 3.00. The fourth-order valence-electron chi connectivity index (χ4n) is 5.06. The highest BCUT2D eigenvalue weighted by molar-refractivity contribution is 5.63. The van der Waals surface area contributed by atoms with Crippen molar-refractivity contribution in [2.45, 2.75) is 37.9 Å². The number of nitrogens with one attached hydrogen (secondary N) is 2. The van der Waals surface area contributed by atoms with Crippen LogP contribution in [0.1, 0.15) is 30.9 Å². The van der Waals surface area contributed by atoms with Gasteiger partial charge in [-0.1, -0.05) is 54.6 Å². The zero-order chi connectivity index (χ0) is 26.6. The van der Waals surface area contributed by atoms with Gasteiger partial charge in [-0.2, -0.15) is 0 Å². The summed E-state index contributed by atoms with van der Waals surface area (Å²) >= 11 is 0. The highest BCUT2D eigenvalue weighted by Crippen LogP contribution is 2.32. The maximum absolute atomic E-state index is 13.1. The van der Waals surface area contributed by atoms with E-state index in [-0.39, 0.29) is 28.9 Å². The van der Waals surface area contributed by atoms with Gasteiger partial charge in [-0.3, -0.25) is 19.3 Å². The van der Waals surface area contributed by atoms with Crippen LogP contribution in [0.4, 0.5) is 10.1 Å². The molecule has 1 aromatic heterocycles. The van der Waals surface area contributed by atoms with Crippen molar-refractivity contribution < 1.29 is 4.39 Å². The maximum Gasteiger partial charge on any atom is 0.265 e. The van der Waals surface area contributed by atoms with Crippen LogP contribution in [0.2, 0.25) is 0 Å². The molecular formula is C30H31FN6O. The normalized spacial score (nSPS) is 17.7. The Morgan fingerprint density at radius 3 is 2.32 bits per heavy atom. The van der Waals surface area contributed by atoms with E-state index in [4.69, 9.17) is 16.1 Å². The zero-order valence-electron chi connectivity index (χ0n) is 21.3. The highest BCUT2D eigenvalue weighted by atomic mass is 19.1. The molecular weight excluding hydrogens is 479 g/mol. The van der Waals surface area contributed by atoms with Crippen molar-refractivity contribution in [2.24, 2.45) is 12.0 Å². The third-order valence-electron chi connectivity index (χ3n) is 7.09. The first-order chi connectivity index (χ1) is 18.4. The van der Waals surface area contributed by atoms with Gasteiger partial charge >= 0.3 is 0 Å². The molecule has 0 spiro atoms. The molecule has 4 N–H and O–H groups in total. The molecule has 3 aromatic carbocycles. The minimum atomic E-state index is -0.248. The lowest BCUT2D eigenvalue weighted by Crippen LogP contribution is -2.57. The molecule has 194 valence electrons. The van der Waals surface area contributed by atoms with Gasteiger partial charge in [-0.15, -0.1) is 0 Å². The fraction of sp³-hybridized carbons (Fsp3) is 0.233. The zero-order valence-corrected chi connectivity index (χ0v) is 21.3. The van der Waals surface area contributed by atoms with Crippen molar-refractivity contribution >= 4 is 11.9 Å². The van der Waals surface area contributed by atoms with Crippen LogP contribution >= 0.6 is 0 Å². The number of aromatic nitrogens is 2. The molecule has 0 saturated heterocycles. The minimum Gasteiger partial charge on any atom is -0.399 e. The van der Waals surface area contributed by atoms with E-state index in [0.29, 0.717) is 17.4 Å². The van der Waals surface area contributed by atoms with Crippen LogP contribution in [0.3, 0.4) is 0 Å². The number of anilines is 1. The van der Waals surface area contributed by atoms with Gasteiger partial charge < -0.3 is 11.1 Å². The van der Waals surface area contributed by atoms with Gasteiger partial charge in [0.25, 0.3) is 5.56 Å². The smallest absolute Gasteiger partial charge is 0.265 e. The second-order valence-electron chi connectivity index (χ2n) is 9.63. The summed E-state index contributed by atoms with van der Waals surface area (Å²) in [6, 6.07) is 24.3. The van der Waals surface area contributed by atoms with E-state index < -0.39 is 0 Å². The third-order valence-corrected chi connectivity index (χ3v) is 7.09. The van der Waals surface area contributed by atoms with E-state index in [9.17, 15) is 9.18 Å². The lowest BCUT2D eigenvalue weighted by atomic mass is 10.0. The van der Waals surface area contributed by atoms with Gasteiger partial charge in [0.05, 0.1) is 17.3 Å². The van der Waals surface area contributed by atoms with Crippen molar-refractivity contribution in [3.63, 3.8) is 0 Å². The Bertz CT molecular complexity index is 1660. The molecule has 7 nitrogen and oxygen atoms in total. The Balaban J connectivity index is 0.000000366. The fourth-order valence-corrected chi connectivity index (χ4v) is 5.06. The molecule has 2 heterocycles. The first-order valence-corrected chi connectivity index (χ1v) is 12.8. The SMILES string of the molecule is Cn1c(=O)/c(=C/NCc2ccc(-c3ccc(F)cc3)cc2)c(=N)n2c1=NC1CCCC12.Nc1ccccc1. The number of hydrogen-bond acceptors (Lipinski definition) is 5. The van der Waals surface area contributed by atoms with Crippen LogP contribution in [0.25, 0.3) is 17.3 Å². The molecule has 2 aliphatic rings. The van der Waals surface area contributed by atoms with Gasteiger partial charge in [0.2, 0.25) is 5.62 Å². The van der Waals surface area contributed by atoms with Crippen LogP contribution in [0.15, 0.2) is 88.6 Å². The lowest BCUT2D eigenvalue weighted by molar-refractivity contribution is 0.466. The quantitative estimate of drug-likeness (QED) is 0.368. The van der Waals surface area contributed by atoms with Crippen LogP contribution in [0, 0.1) is 11.2 Å². The largest absolute Gasteiger partial charge is 0.399 e. The first-order valence-electron chi connectivity index (χ1n) is 12.8. The molecule has 4 aromatic rings. The molecule has 1 aliphatic heterocycles. The predicted molar refractivity (Wildman–Crippen MR) is 147 cm³/mol. The molecule has 0 bridgehead atoms. The second kappa shape index (κ2) is 10.9. The van der Waals surface area contributed by atoms with Gasteiger partial charge in [0, 0.05) is 25.5 Å². The van der Waals surface area contributed by atoms with Gasteiger partial charge in [0.1, 0.15) is 11.3 Å². The highest BCUT2D eigenvalue weighted by Gasteiger charge is 2.34. The Hall–Kier alpha value is -4.46. The van der Waals surface area contributed by atoms with Crippen molar-refractivity contribution in [2.75, 3.05) is 5.73 Å². The molecule has 38 heavy (non-hydrogen) atoms. The minimum absolute atomic E-state index is 0.192. The summed E-state index contributed by atoms with van der Waals surface area (Å²) in [5, 5.41) is 12.2. The van der Waals surface area contributed by atoms with Crippen molar-refractivity contribution in [1.29, 1.82) is 5.41 Å². The van der Waals surface area contributed by atoms with Crippen LogP contribution < -0.4 is 32.9 Å². The number of halogens is 1. The van der Waals surface area contributed by atoms with E-state index in [1.165, 1.54) is 12.1 Å². The molecule has 1 saturated carbocycles. The number of nitrogen functional groups attached to an aromatic ring is 1. The molecule has 0 radical (unpaired) electrons. The van der Waals surface area contributed by atoms with Crippen LogP contribution in [-0.4, -0.2) is 15.2 Å². The first kappa shape index (κ1) is 25.2. The summed E-state index contributed by atoms with van der Waals surface area (Å²) in [5.41, 5.74) is 9.83. The number of nitrogens with zero attached hydrogens (tertiary/aromatic N) is 3. The number of fused-ring (bicyclic) bond motifs is 3. The topological polar surface area (TPSA) is 101 Å². The van der Waals surface area contributed by atoms with E-state index in [1.807, 2.05) is 59.2 Å². The third kappa shape index (κ3) is 5.16. The van der Waals surface area contributed by atoms with Crippen molar-refractivity contribution in [3.8, 4) is 11.1 Å². The lowest BCUT2D eigenvalue weighted by Gasteiger charge is -2.13. The van der Waals surface area contributed by atoms with Crippen molar-refractivity contribution in [3.05, 3.63) is 117 Å². The number of benzene rings is 3. The average molecular weight is 511 g/mol. The van der Waals surface area contributed by atoms with E-state index in [2.05, 4.69) is 5.32 Å². The standard InChI is InChI=1S/C24H24FN5O.C6H7N/c1-29-23(31)19(22(26)30-21-4-2-3-20(21)28-24(29)30)14-27-13-15-5-7-16(8-6-15)17-9-11-18(25)12-10-17;7-6-4-2-1-3-5-6/h5-12,14,20-21,26-27H,2-4,13H2,1H3;1-5H,7H2/b19-14+,26-22?;. The molecule has 1 aliphatic carbocycles. The maximum atomic E-state index is 13.1. The molecule has 6 rings (SSSR count). The number of rotatable bonds is 4. The molecule has 8 heteroatoms. The van der Waals surface area contributed by atoms with Crippen molar-refractivity contribution in [1.82, 2.24) is 14.5 Å². The molecule has 2 unspecified atom stereocenters. The molecule has 2 atom stereocenters. The summed E-state index contributed by atoms with van der Waals surface area (Å²) in [7, 11) is 1.73. The van der Waals surface area contributed by atoms with E-state index >= 15 is 0 Å². The van der Waals surface area contributed by atoms with E-state index in [1.54, 1.807) is 29.9 Å². The Labute approximate surface area is 219 Å². The van der Waals surface area contributed by atoms with Crippen LogP contribution in [-0.2, 0) is 13.6 Å².